The van der Waals surface area contributed by atoms with Gasteiger partial charge in [-0.1, -0.05) is 18.2 Å². The molecule has 1 aromatic carbocycles. The van der Waals surface area contributed by atoms with Crippen molar-refractivity contribution in [3.05, 3.63) is 30.3 Å². The number of benzene rings is 1. The summed E-state index contributed by atoms with van der Waals surface area (Å²) in [7, 11) is 1.27. The van der Waals surface area contributed by atoms with Crippen molar-refractivity contribution in [2.45, 2.75) is 19.6 Å². The van der Waals surface area contributed by atoms with Crippen LogP contribution in [-0.2, 0) is 9.53 Å². The van der Waals surface area contributed by atoms with Crippen molar-refractivity contribution in [2.75, 3.05) is 7.11 Å². The third kappa shape index (κ3) is 2.53. The number of aliphatic imine (C=N–C) groups is 1. The number of hydrogen-bond donors (Lipinski definition) is 1. The molecule has 0 radical (unpaired) electrons. The van der Waals surface area contributed by atoms with Gasteiger partial charge in [0.2, 0.25) is 0 Å². The lowest BCUT2D eigenvalue weighted by atomic mass is 10.1. The number of hydrogen-bond acceptors (Lipinski definition) is 4. The van der Waals surface area contributed by atoms with Crippen molar-refractivity contribution in [1.29, 1.82) is 0 Å². The van der Waals surface area contributed by atoms with E-state index < -0.39 is 11.6 Å². The minimum Gasteiger partial charge on any atom is -0.355 e. The van der Waals surface area contributed by atoms with E-state index in [1.807, 2.05) is 18.2 Å². The Morgan fingerprint density at radius 3 is 2.31 bits per heavy atom. The first-order chi connectivity index (χ1) is 7.50. The van der Waals surface area contributed by atoms with Crippen molar-refractivity contribution in [1.82, 2.24) is 0 Å². The number of carbonyl (C=O) groups excluding carboxylic acids is 1. The number of methoxy groups -OCH3 is 1. The summed E-state index contributed by atoms with van der Waals surface area (Å²) in [6, 6.07) is 9.07. The first-order valence-corrected chi connectivity index (χ1v) is 4.90. The van der Waals surface area contributed by atoms with Crippen molar-refractivity contribution < 1.29 is 14.6 Å². The summed E-state index contributed by atoms with van der Waals surface area (Å²) in [6.45, 7) is 2.81. The zero-order valence-electron chi connectivity index (χ0n) is 9.60. The number of Topliss-reactive ketones (excluding diaryl/α,β-unsaturated/α-hetero) is 1. The molecule has 0 amide bonds. The quantitative estimate of drug-likeness (QED) is 0.622. The normalized spacial score (nSPS) is 15.6. The lowest BCUT2D eigenvalue weighted by Gasteiger charge is -2.22. The summed E-state index contributed by atoms with van der Waals surface area (Å²) >= 11 is 0. The van der Waals surface area contributed by atoms with Crippen LogP contribution in [0.1, 0.15) is 13.8 Å². The molecule has 0 saturated heterocycles. The van der Waals surface area contributed by atoms with E-state index in [0.717, 1.165) is 0 Å². The van der Waals surface area contributed by atoms with Crippen LogP contribution < -0.4 is 0 Å². The molecule has 0 heterocycles. The van der Waals surface area contributed by atoms with Gasteiger partial charge in [0.1, 0.15) is 0 Å². The molecule has 1 rings (SSSR count). The third-order valence-electron chi connectivity index (χ3n) is 2.32. The highest BCUT2D eigenvalue weighted by Crippen LogP contribution is 2.16. The number of carbonyl (C=O) groups is 1. The molecule has 0 bridgehead atoms. The summed E-state index contributed by atoms with van der Waals surface area (Å²) in [5, 5.41) is 9.92. The minimum atomic E-state index is -1.93. The zero-order valence-corrected chi connectivity index (χ0v) is 9.60. The van der Waals surface area contributed by atoms with Gasteiger partial charge in [-0.05, 0) is 19.1 Å². The number of rotatable bonds is 4. The molecule has 0 aliphatic heterocycles. The van der Waals surface area contributed by atoms with Gasteiger partial charge in [0.25, 0.3) is 5.79 Å². The summed E-state index contributed by atoms with van der Waals surface area (Å²) < 4.78 is 4.81. The second-order valence-corrected chi connectivity index (χ2v) is 3.44. The van der Waals surface area contributed by atoms with E-state index in [0.29, 0.717) is 5.69 Å². The molecule has 0 fully saturated rings. The van der Waals surface area contributed by atoms with Crippen molar-refractivity contribution in [3.63, 3.8) is 0 Å². The van der Waals surface area contributed by atoms with Crippen LogP contribution in [0.3, 0.4) is 0 Å². The van der Waals surface area contributed by atoms with Crippen molar-refractivity contribution in [3.8, 4) is 0 Å². The van der Waals surface area contributed by atoms with Gasteiger partial charge >= 0.3 is 0 Å². The van der Waals surface area contributed by atoms with Crippen LogP contribution in [0.5, 0.6) is 0 Å². The van der Waals surface area contributed by atoms with E-state index in [9.17, 15) is 9.90 Å². The molecule has 1 N–H and O–H groups in total. The molecule has 86 valence electrons. The number of aliphatic hydroxyl groups is 1. The van der Waals surface area contributed by atoms with Gasteiger partial charge in [0.05, 0.1) is 11.4 Å². The van der Waals surface area contributed by atoms with Gasteiger partial charge in [0.15, 0.2) is 5.78 Å². The van der Waals surface area contributed by atoms with Gasteiger partial charge in [-0.25, -0.2) is 0 Å². The minimum absolute atomic E-state index is 0.216. The summed E-state index contributed by atoms with van der Waals surface area (Å²) in [5.74, 6) is -2.43. The highest BCUT2D eigenvalue weighted by molar-refractivity contribution is 6.09. The highest BCUT2D eigenvalue weighted by atomic mass is 16.6. The average Bonchev–Trinajstić information content (AvgIpc) is 2.28. The van der Waals surface area contributed by atoms with E-state index in [2.05, 4.69) is 4.99 Å². The van der Waals surface area contributed by atoms with Crippen molar-refractivity contribution >= 4 is 17.2 Å². The molecule has 4 nitrogen and oxygen atoms in total. The molecular weight excluding hydrogens is 206 g/mol. The fourth-order valence-corrected chi connectivity index (χ4v) is 1.32. The van der Waals surface area contributed by atoms with Gasteiger partial charge in [-0.3, -0.25) is 9.79 Å². The second-order valence-electron chi connectivity index (χ2n) is 3.44. The van der Waals surface area contributed by atoms with E-state index in [4.69, 9.17) is 4.74 Å². The lowest BCUT2D eigenvalue weighted by Crippen LogP contribution is -2.45. The Hall–Kier alpha value is -1.52. The molecule has 16 heavy (non-hydrogen) atoms. The van der Waals surface area contributed by atoms with Crippen molar-refractivity contribution in [2.24, 2.45) is 4.99 Å². The monoisotopic (exact) mass is 221 g/mol. The number of nitrogens with zero attached hydrogens (tertiary/aromatic N) is 1. The Morgan fingerprint density at radius 2 is 1.88 bits per heavy atom. The average molecular weight is 221 g/mol. The maximum absolute atomic E-state index is 11.3. The van der Waals surface area contributed by atoms with E-state index in [-0.39, 0.29) is 5.71 Å². The van der Waals surface area contributed by atoms with Crippen LogP contribution in [0.2, 0.25) is 0 Å². The predicted octanol–water partition coefficient (Wildman–Crippen LogP) is 1.70. The van der Waals surface area contributed by atoms with Crippen LogP contribution >= 0.6 is 0 Å². The topological polar surface area (TPSA) is 58.9 Å². The first kappa shape index (κ1) is 12.5. The molecule has 0 aliphatic carbocycles. The number of ether oxygens (including phenoxy) is 1. The van der Waals surface area contributed by atoms with Gasteiger partial charge in [0, 0.05) is 14.0 Å². The smallest absolute Gasteiger partial charge is 0.266 e. The second kappa shape index (κ2) is 5.01. The number of para-hydroxylation sites is 1. The fraction of sp³-hybridized carbons (Fsp3) is 0.333. The molecule has 1 atom stereocenters. The Labute approximate surface area is 94.6 Å². The van der Waals surface area contributed by atoms with Crippen LogP contribution in [0, 0.1) is 0 Å². The van der Waals surface area contributed by atoms with E-state index in [1.54, 1.807) is 19.1 Å². The first-order valence-electron chi connectivity index (χ1n) is 4.90. The molecule has 0 spiro atoms. The SMILES string of the molecule is COC(O)(C(C)=O)C(C)=Nc1ccccc1. The summed E-state index contributed by atoms with van der Waals surface area (Å²) in [5.41, 5.74) is 0.880. The summed E-state index contributed by atoms with van der Waals surface area (Å²) in [4.78, 5) is 15.4. The maximum atomic E-state index is 11.3. The molecule has 0 aromatic heterocycles. The Balaban J connectivity index is 3.05. The molecule has 1 unspecified atom stereocenters. The largest absolute Gasteiger partial charge is 0.355 e. The highest BCUT2D eigenvalue weighted by Gasteiger charge is 2.36. The predicted molar refractivity (Wildman–Crippen MR) is 61.9 cm³/mol. The Morgan fingerprint density at radius 1 is 1.31 bits per heavy atom. The van der Waals surface area contributed by atoms with Gasteiger partial charge in [-0.2, -0.15) is 0 Å². The van der Waals surface area contributed by atoms with E-state index in [1.165, 1.54) is 14.0 Å². The number of ketones is 1. The molecule has 1 aromatic rings. The zero-order chi connectivity index (χ0) is 12.2. The van der Waals surface area contributed by atoms with E-state index >= 15 is 0 Å². The molecular formula is C12H15NO3. The molecule has 0 aliphatic rings. The third-order valence-corrected chi connectivity index (χ3v) is 2.32. The summed E-state index contributed by atoms with van der Waals surface area (Å²) in [6.07, 6.45) is 0. The van der Waals surface area contributed by atoms with Crippen LogP contribution in [0.25, 0.3) is 0 Å². The van der Waals surface area contributed by atoms with Crippen LogP contribution in [0.15, 0.2) is 35.3 Å². The fourth-order valence-electron chi connectivity index (χ4n) is 1.32. The molecule has 4 heteroatoms. The lowest BCUT2D eigenvalue weighted by molar-refractivity contribution is -0.165. The van der Waals surface area contributed by atoms with Crippen LogP contribution in [-0.4, -0.2) is 29.5 Å². The Kier molecular flexibility index (Phi) is 3.93. The molecule has 0 saturated carbocycles. The van der Waals surface area contributed by atoms with Gasteiger partial charge in [-0.15, -0.1) is 0 Å². The Bertz CT molecular complexity index is 400. The maximum Gasteiger partial charge on any atom is 0.266 e. The van der Waals surface area contributed by atoms with Crippen LogP contribution in [0.4, 0.5) is 5.69 Å². The van der Waals surface area contributed by atoms with Gasteiger partial charge < -0.3 is 9.84 Å². The standard InChI is InChI=1S/C12H15NO3/c1-9(12(15,16-3)10(2)14)13-11-7-5-4-6-8-11/h4-8,15H,1-3H3.